The van der Waals surface area contributed by atoms with Crippen molar-refractivity contribution in [3.05, 3.63) is 66.6 Å². The lowest BCUT2D eigenvalue weighted by molar-refractivity contribution is 0.0885. The zero-order valence-corrected chi connectivity index (χ0v) is 14.9. The van der Waals surface area contributed by atoms with E-state index in [1.807, 2.05) is 48.5 Å². The molecule has 1 aliphatic rings. The van der Waals surface area contributed by atoms with Crippen molar-refractivity contribution in [3.8, 4) is 11.6 Å². The molecule has 0 bridgehead atoms. The van der Waals surface area contributed by atoms with E-state index >= 15 is 0 Å². The number of hydrogen-bond acceptors (Lipinski definition) is 5. The first-order valence-electron chi connectivity index (χ1n) is 9.14. The number of nitrogens with one attached hydrogen (secondary N) is 1. The molecule has 1 aliphatic carbocycles. The van der Waals surface area contributed by atoms with Gasteiger partial charge in [0.1, 0.15) is 6.10 Å². The van der Waals surface area contributed by atoms with Gasteiger partial charge in [0.15, 0.2) is 5.69 Å². The van der Waals surface area contributed by atoms with Crippen molar-refractivity contribution in [1.82, 2.24) is 25.3 Å². The summed E-state index contributed by atoms with van der Waals surface area (Å²) in [5, 5.41) is 11.5. The largest absolute Gasteiger partial charge is 0.474 e. The Morgan fingerprint density at radius 3 is 2.56 bits per heavy atom. The SMILES string of the molecule is O=C(NC1CCC(Oc2ccccn2)CC1)c1cnn(-c2ccccc2)n1. The first-order chi connectivity index (χ1) is 13.3. The Morgan fingerprint density at radius 2 is 1.81 bits per heavy atom. The Bertz CT molecular complexity index is 874. The predicted octanol–water partition coefficient (Wildman–Crippen LogP) is 2.78. The molecule has 1 fully saturated rings. The second-order valence-corrected chi connectivity index (χ2v) is 6.59. The van der Waals surface area contributed by atoms with Crippen molar-refractivity contribution < 1.29 is 9.53 Å². The van der Waals surface area contributed by atoms with Gasteiger partial charge in [-0.3, -0.25) is 4.79 Å². The minimum atomic E-state index is -0.189. The van der Waals surface area contributed by atoms with E-state index in [-0.39, 0.29) is 18.1 Å². The molecule has 7 heteroatoms. The maximum Gasteiger partial charge on any atom is 0.273 e. The average Bonchev–Trinajstić information content (AvgIpc) is 3.21. The van der Waals surface area contributed by atoms with Crippen molar-refractivity contribution in [3.63, 3.8) is 0 Å². The third kappa shape index (κ3) is 4.31. The van der Waals surface area contributed by atoms with Gasteiger partial charge in [0.2, 0.25) is 5.88 Å². The van der Waals surface area contributed by atoms with Crippen LogP contribution in [0.1, 0.15) is 36.2 Å². The molecule has 1 amide bonds. The summed E-state index contributed by atoms with van der Waals surface area (Å²) >= 11 is 0. The zero-order valence-electron chi connectivity index (χ0n) is 14.9. The molecule has 2 heterocycles. The van der Waals surface area contributed by atoms with Crippen LogP contribution >= 0.6 is 0 Å². The molecule has 1 N–H and O–H groups in total. The number of pyridine rings is 1. The molecule has 3 aromatic rings. The molecule has 0 radical (unpaired) electrons. The lowest BCUT2D eigenvalue weighted by Gasteiger charge is -2.28. The average molecular weight is 363 g/mol. The van der Waals surface area contributed by atoms with Gasteiger partial charge in [-0.25, -0.2) is 4.98 Å². The van der Waals surface area contributed by atoms with Crippen LogP contribution in [0.3, 0.4) is 0 Å². The van der Waals surface area contributed by atoms with Gasteiger partial charge in [0.25, 0.3) is 5.91 Å². The summed E-state index contributed by atoms with van der Waals surface area (Å²) in [5.74, 6) is 0.466. The summed E-state index contributed by atoms with van der Waals surface area (Å²) in [4.78, 5) is 18.1. The van der Waals surface area contributed by atoms with Gasteiger partial charge < -0.3 is 10.1 Å². The highest BCUT2D eigenvalue weighted by molar-refractivity contribution is 5.92. The van der Waals surface area contributed by atoms with Crippen molar-refractivity contribution in [2.45, 2.75) is 37.8 Å². The molecule has 1 saturated carbocycles. The molecule has 0 aliphatic heterocycles. The Morgan fingerprint density at radius 1 is 1.04 bits per heavy atom. The van der Waals surface area contributed by atoms with Gasteiger partial charge >= 0.3 is 0 Å². The fourth-order valence-corrected chi connectivity index (χ4v) is 3.22. The topological polar surface area (TPSA) is 81.9 Å². The molecular weight excluding hydrogens is 342 g/mol. The first kappa shape index (κ1) is 17.2. The van der Waals surface area contributed by atoms with Crippen LogP contribution < -0.4 is 10.1 Å². The number of carbonyl (C=O) groups is 1. The highest BCUT2D eigenvalue weighted by Gasteiger charge is 2.25. The second kappa shape index (κ2) is 7.99. The van der Waals surface area contributed by atoms with Crippen LogP contribution in [0.5, 0.6) is 5.88 Å². The van der Waals surface area contributed by atoms with Gasteiger partial charge in [0.05, 0.1) is 11.9 Å². The molecule has 0 spiro atoms. The molecule has 1 aromatic carbocycles. The number of para-hydroxylation sites is 1. The quantitative estimate of drug-likeness (QED) is 0.754. The van der Waals surface area contributed by atoms with Crippen LogP contribution in [0.25, 0.3) is 5.69 Å². The van der Waals surface area contributed by atoms with E-state index < -0.39 is 0 Å². The number of ether oxygens (including phenoxy) is 1. The van der Waals surface area contributed by atoms with Gasteiger partial charge in [-0.1, -0.05) is 24.3 Å². The van der Waals surface area contributed by atoms with Crippen molar-refractivity contribution in [2.24, 2.45) is 0 Å². The third-order valence-corrected chi connectivity index (χ3v) is 4.65. The van der Waals surface area contributed by atoms with Crippen LogP contribution in [0.15, 0.2) is 60.9 Å². The first-order valence-corrected chi connectivity index (χ1v) is 9.14. The maximum absolute atomic E-state index is 12.5. The number of hydrogen-bond donors (Lipinski definition) is 1. The lowest BCUT2D eigenvalue weighted by atomic mass is 9.93. The van der Waals surface area contributed by atoms with Crippen LogP contribution in [0.4, 0.5) is 0 Å². The maximum atomic E-state index is 12.5. The summed E-state index contributed by atoms with van der Waals surface area (Å²) in [7, 11) is 0. The van der Waals surface area contributed by atoms with Crippen LogP contribution in [0.2, 0.25) is 0 Å². The van der Waals surface area contributed by atoms with E-state index in [0.29, 0.717) is 11.6 Å². The second-order valence-electron chi connectivity index (χ2n) is 6.59. The van der Waals surface area contributed by atoms with Gasteiger partial charge in [-0.05, 0) is 43.9 Å². The summed E-state index contributed by atoms with van der Waals surface area (Å²) in [6.07, 6.45) is 6.89. The molecular formula is C20H21N5O2. The van der Waals surface area contributed by atoms with Crippen LogP contribution in [0, 0.1) is 0 Å². The van der Waals surface area contributed by atoms with Gasteiger partial charge in [-0.15, -0.1) is 5.10 Å². The molecule has 4 rings (SSSR count). The summed E-state index contributed by atoms with van der Waals surface area (Å²) in [6, 6.07) is 15.3. The zero-order chi connectivity index (χ0) is 18.5. The van der Waals surface area contributed by atoms with E-state index in [1.54, 1.807) is 6.20 Å². The highest BCUT2D eigenvalue weighted by atomic mass is 16.5. The summed E-state index contributed by atoms with van der Waals surface area (Å²) in [5.41, 5.74) is 1.15. The minimum Gasteiger partial charge on any atom is -0.474 e. The van der Waals surface area contributed by atoms with Gasteiger partial charge in [0, 0.05) is 18.3 Å². The number of aromatic nitrogens is 4. The normalized spacial score (nSPS) is 19.4. The fraction of sp³-hybridized carbons (Fsp3) is 0.300. The Labute approximate surface area is 157 Å². The monoisotopic (exact) mass is 363 g/mol. The number of amides is 1. The van der Waals surface area contributed by atoms with Crippen LogP contribution in [-0.4, -0.2) is 38.0 Å². The third-order valence-electron chi connectivity index (χ3n) is 4.65. The summed E-state index contributed by atoms with van der Waals surface area (Å²) < 4.78 is 5.90. The lowest BCUT2D eigenvalue weighted by Crippen LogP contribution is -2.40. The molecule has 27 heavy (non-hydrogen) atoms. The molecule has 0 saturated heterocycles. The Kier molecular flexibility index (Phi) is 5.09. The van der Waals surface area contributed by atoms with Crippen molar-refractivity contribution in [2.75, 3.05) is 0 Å². The minimum absolute atomic E-state index is 0.128. The number of nitrogens with zero attached hydrogens (tertiary/aromatic N) is 4. The standard InChI is InChI=1S/C20H21N5O2/c26-20(18-14-22-25(24-18)16-6-2-1-3-7-16)23-15-9-11-17(12-10-15)27-19-8-4-5-13-21-19/h1-8,13-15,17H,9-12H2,(H,23,26). The number of carbonyl (C=O) groups excluding carboxylic acids is 1. The van der Waals surface area contributed by atoms with Gasteiger partial charge in [-0.2, -0.15) is 9.90 Å². The van der Waals surface area contributed by atoms with E-state index in [0.717, 1.165) is 31.4 Å². The highest BCUT2D eigenvalue weighted by Crippen LogP contribution is 2.23. The molecule has 0 unspecified atom stereocenters. The van der Waals surface area contributed by atoms with Crippen LogP contribution in [-0.2, 0) is 0 Å². The Hall–Kier alpha value is -3.22. The molecule has 0 atom stereocenters. The fourth-order valence-electron chi connectivity index (χ4n) is 3.22. The molecule has 138 valence electrons. The Balaban J connectivity index is 1.29. The summed E-state index contributed by atoms with van der Waals surface area (Å²) in [6.45, 7) is 0. The predicted molar refractivity (Wildman–Crippen MR) is 99.7 cm³/mol. The molecule has 7 nitrogen and oxygen atoms in total. The van der Waals surface area contributed by atoms with E-state index in [9.17, 15) is 4.79 Å². The van der Waals surface area contributed by atoms with E-state index in [1.165, 1.54) is 11.0 Å². The number of benzene rings is 1. The number of rotatable bonds is 5. The van der Waals surface area contributed by atoms with E-state index in [4.69, 9.17) is 4.74 Å². The van der Waals surface area contributed by atoms with Crippen molar-refractivity contribution >= 4 is 5.91 Å². The smallest absolute Gasteiger partial charge is 0.273 e. The molecule has 2 aromatic heterocycles. The van der Waals surface area contributed by atoms with Crippen molar-refractivity contribution in [1.29, 1.82) is 0 Å². The van der Waals surface area contributed by atoms with E-state index in [2.05, 4.69) is 20.5 Å².